The summed E-state index contributed by atoms with van der Waals surface area (Å²) in [5.41, 5.74) is 0. The number of aliphatic carboxylic acids is 1. The molecule has 0 saturated carbocycles. The molecule has 11 heavy (non-hydrogen) atoms. The number of hydrogen-bond acceptors (Lipinski definition) is 5. The largest absolute Gasteiger partial charge is 0.479 e. The molecule has 2 heterocycles. The van der Waals surface area contributed by atoms with Crippen molar-refractivity contribution in [3.63, 3.8) is 0 Å². The average Bonchev–Trinajstić information content (AvgIpc) is 2.43. The SMILES string of the molecule is O=C(O)C1OP2OC(=O)C1O2. The summed E-state index contributed by atoms with van der Waals surface area (Å²) in [7, 11) is -1.71. The minimum Gasteiger partial charge on any atom is -0.479 e. The molecule has 0 aromatic heterocycles. The van der Waals surface area contributed by atoms with Gasteiger partial charge in [-0.15, -0.1) is 0 Å². The van der Waals surface area contributed by atoms with Gasteiger partial charge in [-0.3, -0.25) is 9.05 Å². The summed E-state index contributed by atoms with van der Waals surface area (Å²) in [6, 6.07) is 0. The van der Waals surface area contributed by atoms with Gasteiger partial charge in [-0.1, -0.05) is 0 Å². The van der Waals surface area contributed by atoms with Gasteiger partial charge >= 0.3 is 20.5 Å². The van der Waals surface area contributed by atoms with E-state index in [9.17, 15) is 9.59 Å². The van der Waals surface area contributed by atoms with Crippen LogP contribution in [0.25, 0.3) is 0 Å². The highest BCUT2D eigenvalue weighted by Gasteiger charge is 2.55. The van der Waals surface area contributed by atoms with Crippen LogP contribution < -0.4 is 0 Å². The predicted octanol–water partition coefficient (Wildman–Crippen LogP) is -0.361. The Morgan fingerprint density at radius 3 is 2.64 bits per heavy atom. The van der Waals surface area contributed by atoms with Crippen LogP contribution in [0.2, 0.25) is 0 Å². The smallest absolute Gasteiger partial charge is 0.401 e. The van der Waals surface area contributed by atoms with Crippen LogP contribution in [-0.2, 0) is 23.2 Å². The molecule has 60 valence electrons. The van der Waals surface area contributed by atoms with Crippen molar-refractivity contribution in [3.05, 3.63) is 0 Å². The number of carboxylic acid groups (broad SMARTS) is 1. The molecular weight excluding hydrogens is 175 g/mol. The first-order chi connectivity index (χ1) is 5.18. The molecular formula is C4H3O6P. The van der Waals surface area contributed by atoms with E-state index in [0.717, 1.165) is 0 Å². The molecule has 7 heteroatoms. The van der Waals surface area contributed by atoms with Crippen LogP contribution in [0.3, 0.4) is 0 Å². The molecule has 0 radical (unpaired) electrons. The molecule has 0 spiro atoms. The number of rotatable bonds is 1. The van der Waals surface area contributed by atoms with Crippen molar-refractivity contribution in [1.29, 1.82) is 0 Å². The lowest BCUT2D eigenvalue weighted by atomic mass is 10.2. The lowest BCUT2D eigenvalue weighted by Crippen LogP contribution is -2.37. The Hall–Kier alpha value is -0.710. The molecule has 0 aromatic carbocycles. The zero-order valence-electron chi connectivity index (χ0n) is 5.09. The molecule has 6 nitrogen and oxygen atoms in total. The normalized spacial score (nSPS) is 40.7. The average molecular weight is 178 g/mol. The molecule has 2 fully saturated rings. The van der Waals surface area contributed by atoms with Crippen molar-refractivity contribution in [2.24, 2.45) is 0 Å². The number of carbonyl (C=O) groups is 2. The Morgan fingerprint density at radius 1 is 1.55 bits per heavy atom. The summed E-state index contributed by atoms with van der Waals surface area (Å²) < 4.78 is 13.9. The fourth-order valence-electron chi connectivity index (χ4n) is 0.830. The van der Waals surface area contributed by atoms with Crippen molar-refractivity contribution in [1.82, 2.24) is 0 Å². The Bertz CT molecular complexity index is 227. The van der Waals surface area contributed by atoms with Crippen molar-refractivity contribution in [2.75, 3.05) is 0 Å². The van der Waals surface area contributed by atoms with Gasteiger partial charge in [0.15, 0.2) is 0 Å². The van der Waals surface area contributed by atoms with Gasteiger partial charge in [-0.25, -0.2) is 9.59 Å². The third-order valence-corrected chi connectivity index (χ3v) is 2.44. The first kappa shape index (κ1) is 6.97. The first-order valence-corrected chi connectivity index (χ1v) is 3.86. The molecule has 2 saturated heterocycles. The number of carboxylic acids is 1. The van der Waals surface area contributed by atoms with Crippen LogP contribution in [0.15, 0.2) is 0 Å². The predicted molar refractivity (Wildman–Crippen MR) is 30.4 cm³/mol. The van der Waals surface area contributed by atoms with Gasteiger partial charge in [0.2, 0.25) is 12.2 Å². The highest BCUT2D eigenvalue weighted by atomic mass is 31.2. The zero-order valence-corrected chi connectivity index (χ0v) is 5.98. The molecule has 2 aliphatic rings. The van der Waals surface area contributed by atoms with Gasteiger partial charge in [-0.05, 0) is 0 Å². The summed E-state index contributed by atoms with van der Waals surface area (Å²) in [6.07, 6.45) is -2.24. The summed E-state index contributed by atoms with van der Waals surface area (Å²) in [5, 5.41) is 8.45. The van der Waals surface area contributed by atoms with E-state index >= 15 is 0 Å². The maximum atomic E-state index is 10.7. The lowest BCUT2D eigenvalue weighted by Gasteiger charge is -2.11. The van der Waals surface area contributed by atoms with Crippen LogP contribution in [0.1, 0.15) is 0 Å². The van der Waals surface area contributed by atoms with E-state index in [0.29, 0.717) is 0 Å². The maximum absolute atomic E-state index is 10.7. The van der Waals surface area contributed by atoms with Gasteiger partial charge in [0.25, 0.3) is 0 Å². The summed E-state index contributed by atoms with van der Waals surface area (Å²) in [5.74, 6) is -1.84. The Balaban J connectivity index is 2.18. The number of fused-ring (bicyclic) bond motifs is 2. The molecule has 0 amide bonds. The van der Waals surface area contributed by atoms with Crippen molar-refractivity contribution < 1.29 is 28.3 Å². The van der Waals surface area contributed by atoms with Crippen molar-refractivity contribution in [2.45, 2.75) is 12.2 Å². The van der Waals surface area contributed by atoms with Gasteiger partial charge in [0.05, 0.1) is 0 Å². The molecule has 2 aliphatic heterocycles. The third-order valence-electron chi connectivity index (χ3n) is 1.31. The molecule has 3 unspecified atom stereocenters. The monoisotopic (exact) mass is 178 g/mol. The van der Waals surface area contributed by atoms with Crippen molar-refractivity contribution in [3.8, 4) is 0 Å². The van der Waals surface area contributed by atoms with Crippen LogP contribution >= 0.6 is 8.60 Å². The van der Waals surface area contributed by atoms with E-state index in [1.165, 1.54) is 0 Å². The highest BCUT2D eigenvalue weighted by Crippen LogP contribution is 2.55. The second kappa shape index (κ2) is 2.14. The van der Waals surface area contributed by atoms with Gasteiger partial charge in [0.1, 0.15) is 0 Å². The molecule has 2 bridgehead atoms. The van der Waals surface area contributed by atoms with Crippen LogP contribution in [0.4, 0.5) is 0 Å². The summed E-state index contributed by atoms with van der Waals surface area (Å²) in [6.45, 7) is 0. The molecule has 2 rings (SSSR count). The summed E-state index contributed by atoms with van der Waals surface area (Å²) >= 11 is 0. The molecule has 3 atom stereocenters. The fraction of sp³-hybridized carbons (Fsp3) is 0.500. The Labute approximate surface area is 62.0 Å². The first-order valence-electron chi connectivity index (χ1n) is 2.77. The fourth-order valence-corrected chi connectivity index (χ4v) is 1.99. The van der Waals surface area contributed by atoms with E-state index in [4.69, 9.17) is 14.2 Å². The second-order valence-corrected chi connectivity index (χ2v) is 3.08. The van der Waals surface area contributed by atoms with E-state index in [2.05, 4.69) is 4.52 Å². The Morgan fingerprint density at radius 2 is 2.27 bits per heavy atom. The number of carbonyl (C=O) groups excluding carboxylic acids is 1. The molecule has 0 aromatic rings. The third kappa shape index (κ3) is 0.910. The van der Waals surface area contributed by atoms with E-state index in [-0.39, 0.29) is 0 Å². The number of hydrogen-bond donors (Lipinski definition) is 1. The minimum absolute atomic E-state index is 0.644. The highest BCUT2D eigenvalue weighted by molar-refractivity contribution is 7.43. The van der Waals surface area contributed by atoms with Crippen LogP contribution in [-0.4, -0.2) is 29.3 Å². The standard InChI is InChI=1S/C4H3O6P/c5-3(6)1-2-4(7)10-11(8-1)9-2/h1-2H,(H,5,6). The zero-order chi connectivity index (χ0) is 8.01. The summed E-state index contributed by atoms with van der Waals surface area (Å²) in [4.78, 5) is 21.0. The van der Waals surface area contributed by atoms with Crippen LogP contribution in [0.5, 0.6) is 0 Å². The maximum Gasteiger partial charge on any atom is 0.401 e. The van der Waals surface area contributed by atoms with Crippen molar-refractivity contribution >= 4 is 20.5 Å². The van der Waals surface area contributed by atoms with Gasteiger partial charge in [-0.2, -0.15) is 0 Å². The lowest BCUT2D eigenvalue weighted by molar-refractivity contribution is -0.155. The minimum atomic E-state index is -1.71. The topological polar surface area (TPSA) is 82.1 Å². The Kier molecular flexibility index (Phi) is 1.35. The van der Waals surface area contributed by atoms with Crippen LogP contribution in [0, 0.1) is 0 Å². The molecule has 0 aliphatic carbocycles. The van der Waals surface area contributed by atoms with Gasteiger partial charge in [0, 0.05) is 0 Å². The molecule has 1 N–H and O–H groups in total. The second-order valence-electron chi connectivity index (χ2n) is 2.02. The van der Waals surface area contributed by atoms with E-state index < -0.39 is 32.7 Å². The van der Waals surface area contributed by atoms with E-state index in [1.54, 1.807) is 0 Å². The van der Waals surface area contributed by atoms with Gasteiger partial charge < -0.3 is 9.63 Å². The quantitative estimate of drug-likeness (QED) is 0.552. The van der Waals surface area contributed by atoms with E-state index in [1.807, 2.05) is 0 Å².